The number of nitrogens with two attached hydrogens (primary N) is 1. The first-order valence-electron chi connectivity index (χ1n) is 9.77. The van der Waals surface area contributed by atoms with E-state index in [1.807, 2.05) is 39.0 Å². The molecule has 3 aromatic rings. The third-order valence-electron chi connectivity index (χ3n) is 4.51. The van der Waals surface area contributed by atoms with Gasteiger partial charge in [-0.3, -0.25) is 4.90 Å². The van der Waals surface area contributed by atoms with E-state index in [-0.39, 0.29) is 12.1 Å². The molecule has 2 amide bonds. The maximum Gasteiger partial charge on any atom is 0.324 e. The van der Waals surface area contributed by atoms with Crippen molar-refractivity contribution in [3.8, 4) is 5.75 Å². The molecule has 1 heterocycles. The van der Waals surface area contributed by atoms with Gasteiger partial charge in [0.2, 0.25) is 0 Å². The summed E-state index contributed by atoms with van der Waals surface area (Å²) in [5.41, 5.74) is 7.63. The number of ether oxygens (including phenoxy) is 1. The van der Waals surface area contributed by atoms with Crippen LogP contribution >= 0.6 is 0 Å². The van der Waals surface area contributed by atoms with Crippen LogP contribution < -0.4 is 20.7 Å². The van der Waals surface area contributed by atoms with Gasteiger partial charge in [0, 0.05) is 12.1 Å². The highest BCUT2D eigenvalue weighted by atomic mass is 16.5. The topological polar surface area (TPSA) is 114 Å². The molecule has 0 fully saturated rings. The van der Waals surface area contributed by atoms with Gasteiger partial charge < -0.3 is 25.4 Å². The number of β-amino-alcohol motifs (C(OH)–C–C–N with tert-alkyl or cyclic N) is 1. The summed E-state index contributed by atoms with van der Waals surface area (Å²) in [7, 11) is 0. The third-order valence-corrected chi connectivity index (χ3v) is 4.51. The summed E-state index contributed by atoms with van der Waals surface area (Å²) in [5, 5.41) is 18.1. The van der Waals surface area contributed by atoms with E-state index in [1.54, 1.807) is 31.2 Å². The van der Waals surface area contributed by atoms with Crippen molar-refractivity contribution in [3.05, 3.63) is 48.2 Å². The van der Waals surface area contributed by atoms with E-state index in [4.69, 9.17) is 15.0 Å². The fourth-order valence-electron chi connectivity index (χ4n) is 3.08. The molecule has 8 heteroatoms. The lowest BCUT2D eigenvalue weighted by Gasteiger charge is -2.23. The first kappa shape index (κ1) is 21.6. The van der Waals surface area contributed by atoms with Crippen LogP contribution in [-0.4, -0.2) is 41.1 Å². The molecule has 1 atom stereocenters. The number of hydrogen-bond donors (Lipinski definition) is 3. The molecule has 0 saturated carbocycles. The van der Waals surface area contributed by atoms with Gasteiger partial charge in [-0.2, -0.15) is 0 Å². The fourth-order valence-corrected chi connectivity index (χ4v) is 3.08. The zero-order valence-corrected chi connectivity index (χ0v) is 17.7. The Hall–Kier alpha value is -3.10. The second kappa shape index (κ2) is 8.73. The number of rotatable bonds is 7. The summed E-state index contributed by atoms with van der Waals surface area (Å²) in [4.78, 5) is 13.6. The van der Waals surface area contributed by atoms with Crippen molar-refractivity contribution in [1.29, 1.82) is 0 Å². The molecule has 4 N–H and O–H groups in total. The Kier molecular flexibility index (Phi) is 6.28. The van der Waals surface area contributed by atoms with Crippen molar-refractivity contribution in [2.75, 3.05) is 18.1 Å². The highest BCUT2D eigenvalue weighted by molar-refractivity contribution is 6.07. The number of carbonyl (C=O) groups is 1. The molecule has 160 valence electrons. The van der Waals surface area contributed by atoms with Gasteiger partial charge in [-0.05, 0) is 52.0 Å². The van der Waals surface area contributed by atoms with Crippen molar-refractivity contribution in [3.63, 3.8) is 0 Å². The number of aromatic nitrogens is 1. The minimum atomic E-state index is -0.689. The van der Waals surface area contributed by atoms with E-state index in [0.29, 0.717) is 40.3 Å². The van der Waals surface area contributed by atoms with Crippen LogP contribution in [0.4, 0.5) is 16.2 Å². The lowest BCUT2D eigenvalue weighted by Crippen LogP contribution is -2.42. The number of aryl methyl sites for hydroxylation is 1. The molecule has 1 aromatic heterocycles. The van der Waals surface area contributed by atoms with E-state index in [0.717, 1.165) is 0 Å². The zero-order valence-electron chi connectivity index (χ0n) is 17.7. The molecule has 2 aromatic carbocycles. The Morgan fingerprint density at radius 1 is 1.27 bits per heavy atom. The number of anilines is 2. The van der Waals surface area contributed by atoms with E-state index in [2.05, 4.69) is 10.5 Å². The van der Waals surface area contributed by atoms with Crippen LogP contribution in [0.2, 0.25) is 0 Å². The van der Waals surface area contributed by atoms with E-state index < -0.39 is 12.1 Å². The number of primary amides is 1. The van der Waals surface area contributed by atoms with Gasteiger partial charge in [-0.25, -0.2) is 4.79 Å². The van der Waals surface area contributed by atoms with Gasteiger partial charge >= 0.3 is 6.03 Å². The molecule has 0 aliphatic rings. The summed E-state index contributed by atoms with van der Waals surface area (Å²) in [6.45, 7) is 8.37. The SMILES string of the molecule is Cc1noc2c(N(C(N)=O)c3ccccc3)ccc(OCC(O)CNC(C)(C)C)c12. The van der Waals surface area contributed by atoms with Gasteiger partial charge in [0.15, 0.2) is 5.58 Å². The number of carbonyl (C=O) groups excluding carboxylic acids is 1. The monoisotopic (exact) mass is 412 g/mol. The van der Waals surface area contributed by atoms with Crippen molar-refractivity contribution >= 4 is 28.4 Å². The molecule has 0 spiro atoms. The first-order valence-corrected chi connectivity index (χ1v) is 9.77. The molecule has 1 unspecified atom stereocenters. The standard InChI is InChI=1S/C22H28N4O4/c1-14-19-18(29-13-16(27)12-24-22(2,3)4)11-10-17(20(19)30-25-14)26(21(23)28)15-8-6-5-7-9-15/h5-11,16,24,27H,12-13H2,1-4H3,(H2,23,28). The molecule has 3 rings (SSSR count). The van der Waals surface area contributed by atoms with Gasteiger partial charge in [-0.15, -0.1) is 0 Å². The van der Waals surface area contributed by atoms with Crippen molar-refractivity contribution in [1.82, 2.24) is 10.5 Å². The predicted molar refractivity (Wildman–Crippen MR) is 116 cm³/mol. The van der Waals surface area contributed by atoms with Gasteiger partial charge in [0.25, 0.3) is 0 Å². The summed E-state index contributed by atoms with van der Waals surface area (Å²) < 4.78 is 11.4. The highest BCUT2D eigenvalue weighted by Crippen LogP contribution is 2.38. The molecular weight excluding hydrogens is 384 g/mol. The Labute approximate surface area is 175 Å². The van der Waals surface area contributed by atoms with Gasteiger partial charge in [0.05, 0.1) is 22.5 Å². The minimum absolute atomic E-state index is 0.0976. The van der Waals surface area contributed by atoms with Gasteiger partial charge in [0.1, 0.15) is 18.5 Å². The van der Waals surface area contributed by atoms with E-state index in [1.165, 1.54) is 4.90 Å². The van der Waals surface area contributed by atoms with E-state index >= 15 is 0 Å². The molecule has 0 bridgehead atoms. The van der Waals surface area contributed by atoms with Crippen molar-refractivity contribution < 1.29 is 19.2 Å². The van der Waals surface area contributed by atoms with Crippen LogP contribution in [0.25, 0.3) is 11.0 Å². The molecule has 0 aliphatic carbocycles. The Morgan fingerprint density at radius 2 is 1.97 bits per heavy atom. The number of aliphatic hydroxyl groups excluding tert-OH is 1. The lowest BCUT2D eigenvalue weighted by molar-refractivity contribution is 0.101. The number of nitrogens with one attached hydrogen (secondary N) is 1. The van der Waals surface area contributed by atoms with Crippen LogP contribution in [0.5, 0.6) is 5.75 Å². The molecule has 0 aliphatic heterocycles. The Balaban J connectivity index is 1.89. The molecule has 8 nitrogen and oxygen atoms in total. The van der Waals surface area contributed by atoms with Crippen LogP contribution in [0, 0.1) is 6.92 Å². The lowest BCUT2D eigenvalue weighted by atomic mass is 10.1. The largest absolute Gasteiger partial charge is 0.490 e. The summed E-state index contributed by atoms with van der Waals surface area (Å²) in [5.74, 6) is 0.514. The number of fused-ring (bicyclic) bond motifs is 1. The summed E-state index contributed by atoms with van der Waals surface area (Å²) >= 11 is 0. The molecule has 30 heavy (non-hydrogen) atoms. The number of amides is 2. The second-order valence-electron chi connectivity index (χ2n) is 8.16. The van der Waals surface area contributed by atoms with E-state index in [9.17, 15) is 9.90 Å². The average molecular weight is 412 g/mol. The van der Waals surface area contributed by atoms with Gasteiger partial charge in [-0.1, -0.05) is 23.4 Å². The normalized spacial score (nSPS) is 12.7. The maximum atomic E-state index is 12.2. The molecular formula is C22H28N4O4. The Morgan fingerprint density at radius 3 is 2.60 bits per heavy atom. The van der Waals surface area contributed by atoms with Crippen LogP contribution in [0.1, 0.15) is 26.5 Å². The predicted octanol–water partition coefficient (Wildman–Crippen LogP) is 3.48. The minimum Gasteiger partial charge on any atom is -0.490 e. The van der Waals surface area contributed by atoms with Crippen molar-refractivity contribution in [2.24, 2.45) is 5.73 Å². The number of aliphatic hydroxyl groups is 1. The number of benzene rings is 2. The smallest absolute Gasteiger partial charge is 0.324 e. The summed E-state index contributed by atoms with van der Waals surface area (Å²) in [6.07, 6.45) is -0.689. The summed E-state index contributed by atoms with van der Waals surface area (Å²) in [6, 6.07) is 11.8. The number of hydrogen-bond acceptors (Lipinski definition) is 6. The number of para-hydroxylation sites is 1. The van der Waals surface area contributed by atoms with Crippen molar-refractivity contribution in [2.45, 2.75) is 39.3 Å². The highest BCUT2D eigenvalue weighted by Gasteiger charge is 2.23. The molecule has 0 saturated heterocycles. The average Bonchev–Trinajstić information content (AvgIpc) is 3.08. The zero-order chi connectivity index (χ0) is 21.9. The van der Waals surface area contributed by atoms with Crippen LogP contribution in [0.15, 0.2) is 47.0 Å². The van der Waals surface area contributed by atoms with Crippen LogP contribution in [-0.2, 0) is 0 Å². The molecule has 0 radical (unpaired) electrons. The maximum absolute atomic E-state index is 12.2. The third kappa shape index (κ3) is 4.90. The Bertz CT molecular complexity index is 1010. The fraction of sp³-hybridized carbons (Fsp3) is 0.364. The number of urea groups is 1. The van der Waals surface area contributed by atoms with Crippen LogP contribution in [0.3, 0.4) is 0 Å². The quantitative estimate of drug-likeness (QED) is 0.547. The number of nitrogens with zero attached hydrogens (tertiary/aromatic N) is 2. The first-order chi connectivity index (χ1) is 14.2. The second-order valence-corrected chi connectivity index (χ2v) is 8.16.